The van der Waals surface area contributed by atoms with Gasteiger partial charge in [-0.2, -0.15) is 0 Å². The summed E-state index contributed by atoms with van der Waals surface area (Å²) in [6.07, 6.45) is 0. The molecule has 0 spiro atoms. The van der Waals surface area contributed by atoms with E-state index in [4.69, 9.17) is 17.3 Å². The van der Waals surface area contributed by atoms with Gasteiger partial charge in [-0.15, -0.1) is 0 Å². The van der Waals surface area contributed by atoms with Crippen molar-refractivity contribution in [1.82, 2.24) is 0 Å². The molecule has 0 amide bonds. The number of halogens is 2. The molecule has 1 atom stereocenters. The number of nitrogens with two attached hydrogens (primary N) is 1. The lowest BCUT2D eigenvalue weighted by Gasteiger charge is -2.19. The molecular weight excluding hydrogens is 267 g/mol. The number of nitrogen functional groups attached to an aromatic ring is 1. The van der Waals surface area contributed by atoms with Crippen molar-refractivity contribution >= 4 is 23.0 Å². The van der Waals surface area contributed by atoms with Gasteiger partial charge in [-0.05, 0) is 11.6 Å². The lowest BCUT2D eigenvalue weighted by molar-refractivity contribution is 0.276. The van der Waals surface area contributed by atoms with Gasteiger partial charge in [0.15, 0.2) is 0 Å². The molecule has 0 aromatic heterocycles. The summed E-state index contributed by atoms with van der Waals surface area (Å²) in [5, 5.41) is 12.5. The zero-order chi connectivity index (χ0) is 13.8. The summed E-state index contributed by atoms with van der Waals surface area (Å²) in [6, 6.07) is 11.7. The standard InChI is InChI=1S/C14H14ClFN2O/c15-10-6-13(12(17)7-11(10)16)18-14(8-19)9-4-2-1-3-5-9/h1-7,14,18-19H,8,17H2. The maximum atomic E-state index is 13.2. The molecule has 4 N–H and O–H groups in total. The topological polar surface area (TPSA) is 58.3 Å². The Balaban J connectivity index is 2.26. The number of anilines is 2. The number of aliphatic hydroxyl groups is 1. The lowest BCUT2D eigenvalue weighted by Crippen LogP contribution is -2.15. The average molecular weight is 281 g/mol. The zero-order valence-corrected chi connectivity index (χ0v) is 10.9. The van der Waals surface area contributed by atoms with Crippen LogP contribution < -0.4 is 11.1 Å². The molecule has 100 valence electrons. The van der Waals surface area contributed by atoms with E-state index in [9.17, 15) is 9.50 Å². The molecule has 0 radical (unpaired) electrons. The maximum Gasteiger partial charge on any atom is 0.143 e. The van der Waals surface area contributed by atoms with Crippen LogP contribution in [0.2, 0.25) is 5.02 Å². The molecule has 3 nitrogen and oxygen atoms in total. The highest BCUT2D eigenvalue weighted by Crippen LogP contribution is 2.29. The molecular formula is C14H14ClFN2O. The summed E-state index contributed by atoms with van der Waals surface area (Å²) in [4.78, 5) is 0. The van der Waals surface area contributed by atoms with E-state index in [0.29, 0.717) is 5.69 Å². The van der Waals surface area contributed by atoms with Gasteiger partial charge in [0.1, 0.15) is 5.82 Å². The van der Waals surface area contributed by atoms with E-state index in [1.807, 2.05) is 30.3 Å². The van der Waals surface area contributed by atoms with Crippen molar-refractivity contribution in [3.05, 3.63) is 58.9 Å². The Morgan fingerprint density at radius 3 is 2.58 bits per heavy atom. The predicted molar refractivity (Wildman–Crippen MR) is 75.7 cm³/mol. The SMILES string of the molecule is Nc1cc(F)c(Cl)cc1NC(CO)c1ccccc1. The van der Waals surface area contributed by atoms with Crippen LogP contribution in [-0.4, -0.2) is 11.7 Å². The maximum absolute atomic E-state index is 13.2. The molecule has 2 rings (SSSR count). The minimum absolute atomic E-state index is 0.0125. The first-order chi connectivity index (χ1) is 9.11. The van der Waals surface area contributed by atoms with Gasteiger partial charge >= 0.3 is 0 Å². The van der Waals surface area contributed by atoms with Crippen molar-refractivity contribution in [2.75, 3.05) is 17.7 Å². The monoisotopic (exact) mass is 280 g/mol. The van der Waals surface area contributed by atoms with Gasteiger partial charge in [0.05, 0.1) is 29.0 Å². The minimum Gasteiger partial charge on any atom is -0.397 e. The van der Waals surface area contributed by atoms with Gasteiger partial charge in [0, 0.05) is 6.07 Å². The van der Waals surface area contributed by atoms with Gasteiger partial charge in [-0.3, -0.25) is 0 Å². The fraction of sp³-hybridized carbons (Fsp3) is 0.143. The Kier molecular flexibility index (Phi) is 4.24. The van der Waals surface area contributed by atoms with Crippen LogP contribution in [0.3, 0.4) is 0 Å². The molecule has 5 heteroatoms. The molecule has 0 heterocycles. The third-order valence-corrected chi connectivity index (χ3v) is 3.10. The number of hydrogen-bond acceptors (Lipinski definition) is 3. The van der Waals surface area contributed by atoms with E-state index in [-0.39, 0.29) is 23.4 Å². The molecule has 0 saturated heterocycles. The highest BCUT2D eigenvalue weighted by Gasteiger charge is 2.13. The Morgan fingerprint density at radius 1 is 1.26 bits per heavy atom. The molecule has 0 aliphatic rings. The highest BCUT2D eigenvalue weighted by atomic mass is 35.5. The molecule has 0 aliphatic heterocycles. The van der Waals surface area contributed by atoms with Crippen molar-refractivity contribution in [2.45, 2.75) is 6.04 Å². The van der Waals surface area contributed by atoms with Gasteiger partial charge in [-0.25, -0.2) is 4.39 Å². The van der Waals surface area contributed by atoms with Crippen LogP contribution in [0.1, 0.15) is 11.6 Å². The van der Waals surface area contributed by atoms with Crippen LogP contribution in [0.4, 0.5) is 15.8 Å². The quantitative estimate of drug-likeness (QED) is 0.754. The van der Waals surface area contributed by atoms with Crippen molar-refractivity contribution in [1.29, 1.82) is 0 Å². The first-order valence-corrected chi connectivity index (χ1v) is 6.16. The largest absolute Gasteiger partial charge is 0.397 e. The van der Waals surface area contributed by atoms with E-state index < -0.39 is 5.82 Å². The van der Waals surface area contributed by atoms with Crippen LogP contribution in [0, 0.1) is 5.82 Å². The molecule has 2 aromatic carbocycles. The molecule has 0 aliphatic carbocycles. The summed E-state index contributed by atoms with van der Waals surface area (Å²) >= 11 is 5.73. The fourth-order valence-electron chi connectivity index (χ4n) is 1.79. The van der Waals surface area contributed by atoms with Crippen LogP contribution in [0.25, 0.3) is 0 Å². The number of hydrogen-bond donors (Lipinski definition) is 3. The summed E-state index contributed by atoms with van der Waals surface area (Å²) < 4.78 is 13.2. The fourth-order valence-corrected chi connectivity index (χ4v) is 1.96. The first-order valence-electron chi connectivity index (χ1n) is 5.78. The summed E-state index contributed by atoms with van der Waals surface area (Å²) in [5.41, 5.74) is 7.38. The average Bonchev–Trinajstić information content (AvgIpc) is 2.42. The summed E-state index contributed by atoms with van der Waals surface area (Å²) in [6.45, 7) is -0.113. The van der Waals surface area contributed by atoms with E-state index in [1.54, 1.807) is 0 Å². The van der Waals surface area contributed by atoms with Crippen LogP contribution in [-0.2, 0) is 0 Å². The molecule has 0 bridgehead atoms. The number of nitrogens with one attached hydrogen (secondary N) is 1. The van der Waals surface area contributed by atoms with Gasteiger partial charge in [0.25, 0.3) is 0 Å². The Morgan fingerprint density at radius 2 is 1.95 bits per heavy atom. The summed E-state index contributed by atoms with van der Waals surface area (Å²) in [7, 11) is 0. The van der Waals surface area contributed by atoms with E-state index in [0.717, 1.165) is 11.6 Å². The first kappa shape index (κ1) is 13.6. The number of rotatable bonds is 4. The number of benzene rings is 2. The minimum atomic E-state index is -0.565. The van der Waals surface area contributed by atoms with Gasteiger partial charge in [0.2, 0.25) is 0 Å². The second kappa shape index (κ2) is 5.91. The van der Waals surface area contributed by atoms with Crippen molar-refractivity contribution in [3.8, 4) is 0 Å². The molecule has 1 unspecified atom stereocenters. The third-order valence-electron chi connectivity index (χ3n) is 2.81. The number of aliphatic hydroxyl groups excluding tert-OH is 1. The molecule has 0 fully saturated rings. The smallest absolute Gasteiger partial charge is 0.143 e. The van der Waals surface area contributed by atoms with Crippen LogP contribution >= 0.6 is 11.6 Å². The predicted octanol–water partition coefficient (Wildman–Crippen LogP) is 3.21. The summed E-state index contributed by atoms with van der Waals surface area (Å²) in [5.74, 6) is -0.565. The van der Waals surface area contributed by atoms with Crippen LogP contribution in [0.15, 0.2) is 42.5 Å². The Bertz CT molecular complexity index is 563. The van der Waals surface area contributed by atoms with Crippen molar-refractivity contribution in [2.24, 2.45) is 0 Å². The Labute approximate surface area is 115 Å². The lowest BCUT2D eigenvalue weighted by atomic mass is 10.1. The third kappa shape index (κ3) is 3.16. The van der Waals surface area contributed by atoms with E-state index >= 15 is 0 Å². The molecule has 19 heavy (non-hydrogen) atoms. The van der Waals surface area contributed by atoms with Crippen molar-refractivity contribution < 1.29 is 9.50 Å². The van der Waals surface area contributed by atoms with Crippen molar-refractivity contribution in [3.63, 3.8) is 0 Å². The van der Waals surface area contributed by atoms with Gasteiger partial charge in [-0.1, -0.05) is 41.9 Å². The van der Waals surface area contributed by atoms with E-state index in [2.05, 4.69) is 5.32 Å². The van der Waals surface area contributed by atoms with Crippen LogP contribution in [0.5, 0.6) is 0 Å². The molecule has 0 saturated carbocycles. The van der Waals surface area contributed by atoms with Gasteiger partial charge < -0.3 is 16.2 Å². The Hall–Kier alpha value is -1.78. The van der Waals surface area contributed by atoms with E-state index in [1.165, 1.54) is 6.07 Å². The molecule has 2 aromatic rings. The second-order valence-corrected chi connectivity index (χ2v) is 4.55. The normalized spacial score (nSPS) is 12.2. The second-order valence-electron chi connectivity index (χ2n) is 4.14. The highest BCUT2D eigenvalue weighted by molar-refractivity contribution is 6.31. The zero-order valence-electron chi connectivity index (χ0n) is 10.1.